The lowest BCUT2D eigenvalue weighted by molar-refractivity contribution is -0.150. The lowest BCUT2D eigenvalue weighted by Gasteiger charge is -2.61. The summed E-state index contributed by atoms with van der Waals surface area (Å²) in [4.78, 5) is 24.9. The first kappa shape index (κ1) is 22.0. The molecule has 168 valence electrons. The summed E-state index contributed by atoms with van der Waals surface area (Å²) in [6.45, 7) is 9.04. The Morgan fingerprint density at radius 1 is 1.13 bits per heavy atom. The van der Waals surface area contributed by atoms with Crippen LogP contribution in [0.15, 0.2) is 11.6 Å². The Balaban J connectivity index is 1.64. The number of ketones is 1. The van der Waals surface area contributed by atoms with Gasteiger partial charge in [-0.25, -0.2) is 0 Å². The third-order valence-corrected chi connectivity index (χ3v) is 10.3. The highest BCUT2D eigenvalue weighted by Gasteiger charge is 2.64. The van der Waals surface area contributed by atoms with Crippen LogP contribution in [0.5, 0.6) is 0 Å². The molecule has 4 saturated carbocycles. The standard InChI is InChI=1S/C26H40O4/c1-5-17-21-14-16(27)10-12-26(21,4)20-11-13-25(3)18(15(2)6-9-22(28)29)7-8-19(25)23(20)24(17)30/h5,15-16,18-21,23,27H,6-14H2,1-4H3,(H,28,29)/b17-5-/t15-,16+,18?,19?,20?,21?,23?,25?,26?/m1/s1. The van der Waals surface area contributed by atoms with Gasteiger partial charge >= 0.3 is 5.97 Å². The summed E-state index contributed by atoms with van der Waals surface area (Å²) in [5.74, 6) is 1.74. The summed E-state index contributed by atoms with van der Waals surface area (Å²) >= 11 is 0. The predicted molar refractivity (Wildman–Crippen MR) is 117 cm³/mol. The minimum Gasteiger partial charge on any atom is -0.481 e. The maximum Gasteiger partial charge on any atom is 0.303 e. The average molecular weight is 417 g/mol. The Bertz CT molecular complexity index is 741. The molecule has 4 heteroatoms. The number of hydrogen-bond donors (Lipinski definition) is 2. The van der Waals surface area contributed by atoms with Crippen LogP contribution in [0.4, 0.5) is 0 Å². The van der Waals surface area contributed by atoms with Crippen LogP contribution in [0.25, 0.3) is 0 Å². The number of rotatable bonds is 4. The summed E-state index contributed by atoms with van der Waals surface area (Å²) in [6, 6.07) is 0. The topological polar surface area (TPSA) is 74.6 Å². The van der Waals surface area contributed by atoms with E-state index in [1.165, 1.54) is 0 Å². The van der Waals surface area contributed by atoms with Crippen molar-refractivity contribution in [2.45, 2.75) is 91.6 Å². The normalized spacial score (nSPS) is 48.0. The van der Waals surface area contributed by atoms with E-state index in [4.69, 9.17) is 5.11 Å². The van der Waals surface area contributed by atoms with Gasteiger partial charge in [0.1, 0.15) is 0 Å². The van der Waals surface area contributed by atoms with Gasteiger partial charge in [-0.2, -0.15) is 0 Å². The fourth-order valence-corrected chi connectivity index (χ4v) is 8.72. The highest BCUT2D eigenvalue weighted by molar-refractivity contribution is 5.99. The minimum atomic E-state index is -0.705. The Morgan fingerprint density at radius 3 is 2.47 bits per heavy atom. The average Bonchev–Trinajstić information content (AvgIpc) is 3.05. The molecule has 0 bridgehead atoms. The smallest absolute Gasteiger partial charge is 0.303 e. The van der Waals surface area contributed by atoms with Crippen LogP contribution in [0, 0.1) is 46.3 Å². The van der Waals surface area contributed by atoms with Crippen molar-refractivity contribution < 1.29 is 19.8 Å². The second kappa shape index (κ2) is 7.76. The number of allylic oxidation sites excluding steroid dienone is 2. The van der Waals surface area contributed by atoms with E-state index in [0.29, 0.717) is 29.5 Å². The van der Waals surface area contributed by atoms with E-state index >= 15 is 0 Å². The van der Waals surface area contributed by atoms with E-state index < -0.39 is 5.97 Å². The summed E-state index contributed by atoms with van der Waals surface area (Å²) < 4.78 is 0. The molecule has 0 radical (unpaired) electrons. The molecule has 4 aliphatic rings. The molecule has 9 atom stereocenters. The van der Waals surface area contributed by atoms with Crippen molar-refractivity contribution in [3.8, 4) is 0 Å². The fourth-order valence-electron chi connectivity index (χ4n) is 8.72. The Kier molecular flexibility index (Phi) is 5.70. The van der Waals surface area contributed by atoms with Crippen LogP contribution in [0.1, 0.15) is 85.5 Å². The van der Waals surface area contributed by atoms with Gasteiger partial charge in [0, 0.05) is 12.3 Å². The first-order valence-electron chi connectivity index (χ1n) is 12.2. The number of fused-ring (bicyclic) bond motifs is 5. The largest absolute Gasteiger partial charge is 0.481 e. The molecule has 4 nitrogen and oxygen atoms in total. The van der Waals surface area contributed by atoms with Gasteiger partial charge in [0.25, 0.3) is 0 Å². The van der Waals surface area contributed by atoms with Crippen molar-refractivity contribution >= 4 is 11.8 Å². The SMILES string of the molecule is C/C=C1\C(=O)C2C(CCC3(C)C2CCC3[C@H](C)CCC(=O)O)C2(C)CC[C@H](O)CC12. The molecule has 0 heterocycles. The zero-order valence-electron chi connectivity index (χ0n) is 19.2. The maximum atomic E-state index is 13.8. The van der Waals surface area contributed by atoms with E-state index in [2.05, 4.69) is 20.8 Å². The number of hydrogen-bond acceptors (Lipinski definition) is 3. The first-order valence-corrected chi connectivity index (χ1v) is 12.2. The Labute approximate surface area is 181 Å². The van der Waals surface area contributed by atoms with Gasteiger partial charge in [-0.05, 0) is 104 Å². The molecule has 4 aliphatic carbocycles. The Morgan fingerprint density at radius 2 is 1.80 bits per heavy atom. The molecule has 0 saturated heterocycles. The van der Waals surface area contributed by atoms with Gasteiger partial charge in [0.05, 0.1) is 6.10 Å². The van der Waals surface area contributed by atoms with E-state index in [9.17, 15) is 14.7 Å². The van der Waals surface area contributed by atoms with E-state index in [1.807, 2.05) is 13.0 Å². The molecule has 0 amide bonds. The van der Waals surface area contributed by atoms with Crippen LogP contribution in [-0.2, 0) is 9.59 Å². The minimum absolute atomic E-state index is 0.114. The molecule has 4 fully saturated rings. The fraction of sp³-hybridized carbons (Fsp3) is 0.846. The molecule has 0 aromatic carbocycles. The van der Waals surface area contributed by atoms with Crippen molar-refractivity contribution in [1.82, 2.24) is 0 Å². The number of carbonyl (C=O) groups excluding carboxylic acids is 1. The second-order valence-electron chi connectivity index (χ2n) is 11.5. The van der Waals surface area contributed by atoms with Crippen LogP contribution in [0.2, 0.25) is 0 Å². The number of aliphatic hydroxyl groups is 1. The molecule has 2 N–H and O–H groups in total. The Hall–Kier alpha value is -1.16. The van der Waals surface area contributed by atoms with Gasteiger partial charge < -0.3 is 10.2 Å². The number of carboxylic acids is 1. The van der Waals surface area contributed by atoms with Crippen molar-refractivity contribution in [3.05, 3.63) is 11.6 Å². The zero-order valence-corrected chi connectivity index (χ0v) is 19.2. The number of carbonyl (C=O) groups is 2. The maximum absolute atomic E-state index is 13.8. The third kappa shape index (κ3) is 3.20. The van der Waals surface area contributed by atoms with Crippen molar-refractivity contribution in [1.29, 1.82) is 0 Å². The summed E-state index contributed by atoms with van der Waals surface area (Å²) in [6.07, 6.45) is 9.86. The monoisotopic (exact) mass is 416 g/mol. The van der Waals surface area contributed by atoms with Crippen molar-refractivity contribution in [2.24, 2.45) is 46.3 Å². The molecular formula is C26H40O4. The molecular weight excluding hydrogens is 376 g/mol. The third-order valence-electron chi connectivity index (χ3n) is 10.3. The highest BCUT2D eigenvalue weighted by atomic mass is 16.4. The van der Waals surface area contributed by atoms with Gasteiger partial charge in [-0.1, -0.05) is 26.8 Å². The van der Waals surface area contributed by atoms with Crippen molar-refractivity contribution in [3.63, 3.8) is 0 Å². The molecule has 0 aromatic rings. The summed E-state index contributed by atoms with van der Waals surface area (Å²) in [5, 5.41) is 19.5. The predicted octanol–water partition coefficient (Wildman–Crippen LogP) is 5.24. The highest BCUT2D eigenvalue weighted by Crippen LogP contribution is 2.68. The summed E-state index contributed by atoms with van der Waals surface area (Å²) in [7, 11) is 0. The van der Waals surface area contributed by atoms with E-state index in [1.54, 1.807) is 0 Å². The number of aliphatic carboxylic acids is 1. The quantitative estimate of drug-likeness (QED) is 0.614. The molecule has 0 aliphatic heterocycles. The molecule has 7 unspecified atom stereocenters. The van der Waals surface area contributed by atoms with Gasteiger partial charge in [-0.15, -0.1) is 0 Å². The van der Waals surface area contributed by atoms with Crippen LogP contribution in [0.3, 0.4) is 0 Å². The van der Waals surface area contributed by atoms with E-state index in [-0.39, 0.29) is 35.2 Å². The number of aliphatic hydroxyl groups excluding tert-OH is 1. The lowest BCUT2D eigenvalue weighted by Crippen LogP contribution is -2.58. The van der Waals surface area contributed by atoms with Crippen LogP contribution < -0.4 is 0 Å². The summed E-state index contributed by atoms with van der Waals surface area (Å²) in [5.41, 5.74) is 1.25. The van der Waals surface area contributed by atoms with Gasteiger partial charge in [0.2, 0.25) is 0 Å². The molecule has 0 aromatic heterocycles. The molecule has 30 heavy (non-hydrogen) atoms. The first-order chi connectivity index (χ1) is 14.1. The van der Waals surface area contributed by atoms with E-state index in [0.717, 1.165) is 56.9 Å². The van der Waals surface area contributed by atoms with Gasteiger partial charge in [0.15, 0.2) is 5.78 Å². The second-order valence-corrected chi connectivity index (χ2v) is 11.5. The molecule has 4 rings (SSSR count). The van der Waals surface area contributed by atoms with Crippen LogP contribution in [-0.4, -0.2) is 28.1 Å². The lowest BCUT2D eigenvalue weighted by atomic mass is 9.43. The number of Topliss-reactive ketones (excluding diaryl/α,β-unsaturated/α-hetero) is 1. The molecule has 0 spiro atoms. The zero-order chi connectivity index (χ0) is 21.8. The van der Waals surface area contributed by atoms with Gasteiger partial charge in [-0.3, -0.25) is 9.59 Å². The number of carboxylic acid groups (broad SMARTS) is 1. The van der Waals surface area contributed by atoms with Crippen LogP contribution >= 0.6 is 0 Å². The van der Waals surface area contributed by atoms with Crippen molar-refractivity contribution in [2.75, 3.05) is 0 Å².